The van der Waals surface area contributed by atoms with E-state index < -0.39 is 41.9 Å². The summed E-state index contributed by atoms with van der Waals surface area (Å²) in [6, 6.07) is 8.94. The van der Waals surface area contributed by atoms with E-state index in [0.717, 1.165) is 19.4 Å². The summed E-state index contributed by atoms with van der Waals surface area (Å²) in [6.07, 6.45) is -3.04. The third-order valence-electron chi connectivity index (χ3n) is 3.77. The normalized spacial score (nSPS) is 12.1. The molecule has 1 aromatic rings. The minimum Gasteiger partial charge on any atom is -0.469 e. The lowest BCUT2D eigenvalue weighted by Crippen LogP contribution is -2.53. The highest BCUT2D eigenvalue weighted by Crippen LogP contribution is 2.09. The molecule has 2 amide bonds. The molecule has 0 heterocycles. The Morgan fingerprint density at radius 3 is 1.90 bits per heavy atom. The van der Waals surface area contributed by atoms with Crippen molar-refractivity contribution in [2.45, 2.75) is 45.4 Å². The molecule has 0 saturated heterocycles. The Kier molecular flexibility index (Phi) is 10.6. The van der Waals surface area contributed by atoms with Crippen molar-refractivity contribution in [1.29, 1.82) is 0 Å². The van der Waals surface area contributed by atoms with Gasteiger partial charge in [-0.25, -0.2) is 0 Å². The average molecular weight is 422 g/mol. The van der Waals surface area contributed by atoms with Crippen molar-refractivity contribution in [3.63, 3.8) is 0 Å². The number of carbonyl (C=O) groups is 5. The Hall–Kier alpha value is -3.43. The van der Waals surface area contributed by atoms with Gasteiger partial charge in [-0.05, 0) is 12.0 Å². The standard InChI is InChI=1S/C20H26N2O8/c1-13(23)29-17(19(26)21-11-7-10-16(25)28-3)18(30-14(2)24)20(27)22-12-15-8-5-4-6-9-15/h4-6,8-9,17-18H,7,10-12H2,1-3H3,(H,21,26)(H,22,27)/t17-,18-/m1/s1. The first-order valence-corrected chi connectivity index (χ1v) is 9.25. The van der Waals surface area contributed by atoms with Crippen LogP contribution >= 0.6 is 0 Å². The lowest BCUT2D eigenvalue weighted by molar-refractivity contribution is -0.174. The predicted molar refractivity (Wildman–Crippen MR) is 104 cm³/mol. The Labute approximate surface area is 174 Å². The van der Waals surface area contributed by atoms with Crippen LogP contribution in [0, 0.1) is 0 Å². The van der Waals surface area contributed by atoms with Gasteiger partial charge in [0.1, 0.15) is 0 Å². The summed E-state index contributed by atoms with van der Waals surface area (Å²) in [7, 11) is 1.25. The highest BCUT2D eigenvalue weighted by atomic mass is 16.6. The third kappa shape index (κ3) is 9.18. The van der Waals surface area contributed by atoms with Gasteiger partial charge in [-0.3, -0.25) is 24.0 Å². The van der Waals surface area contributed by atoms with Gasteiger partial charge in [0.05, 0.1) is 7.11 Å². The molecule has 1 rings (SSSR count). The van der Waals surface area contributed by atoms with Gasteiger partial charge in [0.25, 0.3) is 11.8 Å². The number of nitrogens with one attached hydrogen (secondary N) is 2. The summed E-state index contributed by atoms with van der Waals surface area (Å²) in [5.74, 6) is -3.75. The van der Waals surface area contributed by atoms with Crippen LogP contribution in [0.5, 0.6) is 0 Å². The smallest absolute Gasteiger partial charge is 0.305 e. The van der Waals surface area contributed by atoms with Crippen LogP contribution in [0.3, 0.4) is 0 Å². The first-order chi connectivity index (χ1) is 14.2. The molecule has 0 unspecified atom stereocenters. The SMILES string of the molecule is COC(=O)CCCNC(=O)[C@H](OC(C)=O)[C@@H](OC(C)=O)C(=O)NCc1ccccc1. The zero-order chi connectivity index (χ0) is 22.5. The first kappa shape index (κ1) is 24.6. The lowest BCUT2D eigenvalue weighted by Gasteiger charge is -2.24. The molecule has 2 N–H and O–H groups in total. The van der Waals surface area contributed by atoms with Gasteiger partial charge in [0.2, 0.25) is 12.2 Å². The van der Waals surface area contributed by atoms with Crippen molar-refractivity contribution in [2.24, 2.45) is 0 Å². The monoisotopic (exact) mass is 422 g/mol. The van der Waals surface area contributed by atoms with E-state index in [0.29, 0.717) is 0 Å². The highest BCUT2D eigenvalue weighted by Gasteiger charge is 2.39. The van der Waals surface area contributed by atoms with E-state index in [1.54, 1.807) is 24.3 Å². The number of methoxy groups -OCH3 is 1. The number of benzene rings is 1. The number of ether oxygens (including phenoxy) is 3. The summed E-state index contributed by atoms with van der Waals surface area (Å²) < 4.78 is 14.5. The number of hydrogen-bond donors (Lipinski definition) is 2. The zero-order valence-corrected chi connectivity index (χ0v) is 17.1. The van der Waals surface area contributed by atoms with Gasteiger partial charge in [-0.15, -0.1) is 0 Å². The Morgan fingerprint density at radius 2 is 1.40 bits per heavy atom. The Morgan fingerprint density at radius 1 is 0.867 bits per heavy atom. The van der Waals surface area contributed by atoms with E-state index in [9.17, 15) is 24.0 Å². The molecule has 0 aliphatic carbocycles. The minimum absolute atomic E-state index is 0.0596. The van der Waals surface area contributed by atoms with E-state index in [1.807, 2.05) is 6.07 Å². The molecule has 10 nitrogen and oxygen atoms in total. The third-order valence-corrected chi connectivity index (χ3v) is 3.77. The van der Waals surface area contributed by atoms with Crippen LogP contribution in [0.15, 0.2) is 30.3 Å². The second-order valence-corrected chi connectivity index (χ2v) is 6.23. The summed E-state index contributed by atoms with van der Waals surface area (Å²) in [5, 5.41) is 5.01. The number of amides is 2. The number of hydrogen-bond acceptors (Lipinski definition) is 8. The predicted octanol–water partition coefficient (Wildman–Crippen LogP) is 0.236. The van der Waals surface area contributed by atoms with Crippen molar-refractivity contribution in [1.82, 2.24) is 10.6 Å². The topological polar surface area (TPSA) is 137 Å². The molecule has 0 aromatic heterocycles. The fraction of sp³-hybridized carbons (Fsp3) is 0.450. The van der Waals surface area contributed by atoms with E-state index in [4.69, 9.17) is 9.47 Å². The summed E-state index contributed by atoms with van der Waals surface area (Å²) in [4.78, 5) is 59.2. The maximum Gasteiger partial charge on any atom is 0.305 e. The van der Waals surface area contributed by atoms with Gasteiger partial charge in [0, 0.05) is 33.4 Å². The van der Waals surface area contributed by atoms with E-state index in [1.165, 1.54) is 7.11 Å². The summed E-state index contributed by atoms with van der Waals surface area (Å²) >= 11 is 0. The van der Waals surface area contributed by atoms with Crippen LogP contribution in [-0.2, 0) is 44.7 Å². The second kappa shape index (κ2) is 12.9. The Balaban J connectivity index is 2.85. The molecule has 0 fully saturated rings. The Bertz CT molecular complexity index is 750. The highest BCUT2D eigenvalue weighted by molar-refractivity contribution is 5.93. The molecular weight excluding hydrogens is 396 g/mol. The van der Waals surface area contributed by atoms with Crippen LogP contribution in [0.1, 0.15) is 32.3 Å². The van der Waals surface area contributed by atoms with E-state index in [-0.39, 0.29) is 25.9 Å². The molecule has 164 valence electrons. The maximum absolute atomic E-state index is 12.6. The van der Waals surface area contributed by atoms with Crippen LogP contribution < -0.4 is 10.6 Å². The van der Waals surface area contributed by atoms with Gasteiger partial charge >= 0.3 is 17.9 Å². The van der Waals surface area contributed by atoms with Crippen LogP contribution in [0.25, 0.3) is 0 Å². The number of rotatable bonds is 11. The van der Waals surface area contributed by atoms with Crippen molar-refractivity contribution < 1.29 is 38.2 Å². The van der Waals surface area contributed by atoms with Gasteiger partial charge in [0.15, 0.2) is 0 Å². The molecule has 0 radical (unpaired) electrons. The molecule has 0 aliphatic heterocycles. The van der Waals surface area contributed by atoms with E-state index in [2.05, 4.69) is 15.4 Å². The molecule has 10 heteroatoms. The van der Waals surface area contributed by atoms with Crippen molar-refractivity contribution in [2.75, 3.05) is 13.7 Å². The molecule has 1 aromatic carbocycles. The van der Waals surface area contributed by atoms with Crippen LogP contribution in [0.4, 0.5) is 0 Å². The summed E-state index contributed by atoms with van der Waals surface area (Å²) in [6.45, 7) is 2.30. The first-order valence-electron chi connectivity index (χ1n) is 9.25. The quantitative estimate of drug-likeness (QED) is 0.294. The summed E-state index contributed by atoms with van der Waals surface area (Å²) in [5.41, 5.74) is 0.781. The number of esters is 3. The molecule has 0 spiro atoms. The molecule has 0 aliphatic rings. The van der Waals surface area contributed by atoms with Gasteiger partial charge in [-0.1, -0.05) is 30.3 Å². The molecular formula is C20H26N2O8. The van der Waals surface area contributed by atoms with Crippen molar-refractivity contribution >= 4 is 29.7 Å². The lowest BCUT2D eigenvalue weighted by atomic mass is 10.1. The van der Waals surface area contributed by atoms with Crippen molar-refractivity contribution in [3.8, 4) is 0 Å². The van der Waals surface area contributed by atoms with Crippen LogP contribution in [0.2, 0.25) is 0 Å². The maximum atomic E-state index is 12.6. The van der Waals surface area contributed by atoms with E-state index >= 15 is 0 Å². The molecule has 30 heavy (non-hydrogen) atoms. The minimum atomic E-state index is -1.69. The molecule has 0 saturated carbocycles. The van der Waals surface area contributed by atoms with Crippen LogP contribution in [-0.4, -0.2) is 55.6 Å². The molecule has 0 bridgehead atoms. The fourth-order valence-electron chi connectivity index (χ4n) is 2.40. The average Bonchev–Trinajstić information content (AvgIpc) is 2.71. The van der Waals surface area contributed by atoms with Gasteiger partial charge in [-0.2, -0.15) is 0 Å². The zero-order valence-electron chi connectivity index (χ0n) is 17.1. The second-order valence-electron chi connectivity index (χ2n) is 6.23. The fourth-order valence-corrected chi connectivity index (χ4v) is 2.40. The van der Waals surface area contributed by atoms with Crippen molar-refractivity contribution in [3.05, 3.63) is 35.9 Å². The molecule has 2 atom stereocenters. The largest absolute Gasteiger partial charge is 0.469 e. The van der Waals surface area contributed by atoms with Gasteiger partial charge < -0.3 is 24.8 Å². The number of carbonyl (C=O) groups excluding carboxylic acids is 5.